The van der Waals surface area contributed by atoms with E-state index in [4.69, 9.17) is 0 Å². The van der Waals surface area contributed by atoms with Gasteiger partial charge < -0.3 is 4.90 Å². The standard InChI is InChI=1S/C22H23N3O3.3C2H6/c1-15-18(14-20(26)24(4)22(28)23(2)3)17-12-8-9-13-19(17)25(15)21(27)16-10-6-5-7-11-16;3*1-2/h5-13H,14H2,1-4H3;3*1-2H3. The van der Waals surface area contributed by atoms with Crippen LogP contribution in [0.2, 0.25) is 0 Å². The Balaban J connectivity index is 0.00000168. The summed E-state index contributed by atoms with van der Waals surface area (Å²) >= 11 is 0. The molecule has 2 aromatic carbocycles. The molecule has 0 aliphatic carbocycles. The molecule has 0 aliphatic heterocycles. The molecule has 3 rings (SSSR count). The fourth-order valence-corrected chi connectivity index (χ4v) is 3.31. The number of carbonyl (C=O) groups excluding carboxylic acids is 3. The van der Waals surface area contributed by atoms with Gasteiger partial charge in [0.2, 0.25) is 5.91 Å². The number of carbonyl (C=O) groups is 3. The van der Waals surface area contributed by atoms with Crippen LogP contribution in [0.4, 0.5) is 4.79 Å². The van der Waals surface area contributed by atoms with Gasteiger partial charge in [-0.3, -0.25) is 19.1 Å². The summed E-state index contributed by atoms with van der Waals surface area (Å²) in [7, 11) is 4.66. The number of imide groups is 1. The highest BCUT2D eigenvalue weighted by Crippen LogP contribution is 2.27. The molecule has 6 nitrogen and oxygen atoms in total. The van der Waals surface area contributed by atoms with E-state index in [0.717, 1.165) is 21.4 Å². The normalized spacial score (nSPS) is 9.35. The summed E-state index contributed by atoms with van der Waals surface area (Å²) in [6.07, 6.45) is 0.0392. The van der Waals surface area contributed by atoms with Gasteiger partial charge in [-0.15, -0.1) is 0 Å². The summed E-state index contributed by atoms with van der Waals surface area (Å²) in [6, 6.07) is 16.2. The molecule has 0 spiro atoms. The Hall–Kier alpha value is -3.41. The first-order chi connectivity index (χ1) is 16.3. The minimum Gasteiger partial charge on any atom is -0.330 e. The summed E-state index contributed by atoms with van der Waals surface area (Å²) in [5, 5.41) is 0.836. The van der Waals surface area contributed by atoms with Crippen molar-refractivity contribution < 1.29 is 14.4 Å². The maximum absolute atomic E-state index is 13.1. The summed E-state index contributed by atoms with van der Waals surface area (Å²) < 4.78 is 1.64. The molecule has 0 N–H and O–H groups in total. The highest BCUT2D eigenvalue weighted by Gasteiger charge is 2.24. The SMILES string of the molecule is CC.CC.CC.Cc1c(CC(=O)N(C)C(=O)N(C)C)c2ccccc2n1C(=O)c1ccccc1. The van der Waals surface area contributed by atoms with E-state index >= 15 is 0 Å². The van der Waals surface area contributed by atoms with Gasteiger partial charge in [-0.05, 0) is 30.7 Å². The van der Waals surface area contributed by atoms with Crippen LogP contribution in [-0.2, 0) is 11.2 Å². The van der Waals surface area contributed by atoms with Gasteiger partial charge in [0.25, 0.3) is 5.91 Å². The molecular formula is C28H41N3O3. The van der Waals surface area contributed by atoms with Crippen LogP contribution in [-0.4, -0.2) is 53.4 Å². The number of benzene rings is 2. The van der Waals surface area contributed by atoms with E-state index in [1.54, 1.807) is 30.8 Å². The Morgan fingerprint density at radius 3 is 1.79 bits per heavy atom. The number of aromatic nitrogens is 1. The molecule has 3 aromatic rings. The second kappa shape index (κ2) is 15.4. The number of rotatable bonds is 3. The van der Waals surface area contributed by atoms with Crippen LogP contribution < -0.4 is 0 Å². The number of hydrogen-bond acceptors (Lipinski definition) is 3. The molecule has 0 radical (unpaired) electrons. The van der Waals surface area contributed by atoms with Crippen molar-refractivity contribution in [1.29, 1.82) is 0 Å². The lowest BCUT2D eigenvalue weighted by Gasteiger charge is -2.20. The van der Waals surface area contributed by atoms with Gasteiger partial charge in [0.05, 0.1) is 11.9 Å². The number of para-hydroxylation sites is 1. The Morgan fingerprint density at radius 1 is 0.765 bits per heavy atom. The summed E-state index contributed by atoms with van der Waals surface area (Å²) in [5.74, 6) is -0.470. The number of nitrogens with zero attached hydrogens (tertiary/aromatic N) is 3. The first-order valence-electron chi connectivity index (χ1n) is 12.0. The number of fused-ring (bicyclic) bond motifs is 1. The third-order valence-corrected chi connectivity index (χ3v) is 4.84. The van der Waals surface area contributed by atoms with Crippen molar-refractivity contribution in [3.63, 3.8) is 0 Å². The lowest BCUT2D eigenvalue weighted by Crippen LogP contribution is -2.41. The molecule has 0 saturated heterocycles. The summed E-state index contributed by atoms with van der Waals surface area (Å²) in [4.78, 5) is 40.4. The van der Waals surface area contributed by atoms with Crippen LogP contribution in [0.1, 0.15) is 63.2 Å². The molecule has 1 heterocycles. The minimum absolute atomic E-state index is 0.0392. The molecule has 0 saturated carbocycles. The van der Waals surface area contributed by atoms with Crippen molar-refractivity contribution in [2.24, 2.45) is 0 Å². The maximum atomic E-state index is 13.1. The van der Waals surface area contributed by atoms with Gasteiger partial charge in [-0.25, -0.2) is 4.79 Å². The van der Waals surface area contributed by atoms with Crippen LogP contribution >= 0.6 is 0 Å². The number of urea groups is 1. The number of amides is 3. The van der Waals surface area contributed by atoms with E-state index in [1.807, 2.05) is 90.9 Å². The zero-order chi connectivity index (χ0) is 26.4. The van der Waals surface area contributed by atoms with Crippen molar-refractivity contribution in [1.82, 2.24) is 14.4 Å². The van der Waals surface area contributed by atoms with Crippen molar-refractivity contribution in [2.45, 2.75) is 54.9 Å². The molecule has 34 heavy (non-hydrogen) atoms. The maximum Gasteiger partial charge on any atom is 0.325 e. The largest absolute Gasteiger partial charge is 0.330 e. The van der Waals surface area contributed by atoms with Crippen molar-refractivity contribution >= 4 is 28.7 Å². The van der Waals surface area contributed by atoms with Crippen LogP contribution in [0.25, 0.3) is 10.9 Å². The Kier molecular flexibility index (Phi) is 13.9. The predicted octanol–water partition coefficient (Wildman–Crippen LogP) is 6.40. The number of likely N-dealkylation sites (N-methyl/N-ethyl adjacent to an activating group) is 1. The monoisotopic (exact) mass is 467 g/mol. The average Bonchev–Trinajstić information content (AvgIpc) is 3.17. The molecule has 0 bridgehead atoms. The average molecular weight is 468 g/mol. The fraction of sp³-hybridized carbons (Fsp3) is 0.393. The summed E-state index contributed by atoms with van der Waals surface area (Å²) in [5.41, 5.74) is 2.78. The molecule has 3 amide bonds. The molecule has 1 aromatic heterocycles. The molecule has 0 atom stereocenters. The Bertz CT molecular complexity index is 1050. The van der Waals surface area contributed by atoms with Gasteiger partial charge in [-0.1, -0.05) is 77.9 Å². The first-order valence-corrected chi connectivity index (χ1v) is 12.0. The third kappa shape index (κ3) is 7.04. The Labute approximate surface area is 205 Å². The second-order valence-electron chi connectivity index (χ2n) is 6.89. The molecule has 0 aliphatic rings. The van der Waals surface area contributed by atoms with Crippen LogP contribution in [0.15, 0.2) is 54.6 Å². The van der Waals surface area contributed by atoms with Crippen molar-refractivity contribution in [3.8, 4) is 0 Å². The lowest BCUT2D eigenvalue weighted by atomic mass is 10.1. The third-order valence-electron chi connectivity index (χ3n) is 4.84. The van der Waals surface area contributed by atoms with Crippen molar-refractivity contribution in [2.75, 3.05) is 21.1 Å². The zero-order valence-corrected chi connectivity index (χ0v) is 22.5. The van der Waals surface area contributed by atoms with E-state index in [0.29, 0.717) is 11.3 Å². The van der Waals surface area contributed by atoms with Crippen LogP contribution in [0.3, 0.4) is 0 Å². The minimum atomic E-state index is -0.383. The summed E-state index contributed by atoms with van der Waals surface area (Å²) in [6.45, 7) is 13.8. The van der Waals surface area contributed by atoms with Gasteiger partial charge in [-0.2, -0.15) is 0 Å². The van der Waals surface area contributed by atoms with E-state index in [9.17, 15) is 14.4 Å². The molecular weight excluding hydrogens is 426 g/mol. The predicted molar refractivity (Wildman–Crippen MR) is 142 cm³/mol. The van der Waals surface area contributed by atoms with Crippen molar-refractivity contribution in [3.05, 3.63) is 71.4 Å². The van der Waals surface area contributed by atoms with E-state index < -0.39 is 0 Å². The van der Waals surface area contributed by atoms with Gasteiger partial charge in [0.1, 0.15) is 0 Å². The Morgan fingerprint density at radius 2 is 1.26 bits per heavy atom. The number of hydrogen-bond donors (Lipinski definition) is 0. The highest BCUT2D eigenvalue weighted by molar-refractivity contribution is 6.05. The smallest absolute Gasteiger partial charge is 0.325 e. The van der Waals surface area contributed by atoms with Gasteiger partial charge in [0, 0.05) is 37.8 Å². The van der Waals surface area contributed by atoms with Crippen LogP contribution in [0.5, 0.6) is 0 Å². The van der Waals surface area contributed by atoms with E-state index in [-0.39, 0.29) is 24.3 Å². The fourth-order valence-electron chi connectivity index (χ4n) is 3.31. The molecule has 186 valence electrons. The molecule has 6 heteroatoms. The quantitative estimate of drug-likeness (QED) is 0.448. The second-order valence-corrected chi connectivity index (χ2v) is 6.89. The van der Waals surface area contributed by atoms with E-state index in [1.165, 1.54) is 11.9 Å². The molecule has 0 fully saturated rings. The van der Waals surface area contributed by atoms with Gasteiger partial charge >= 0.3 is 6.03 Å². The topological polar surface area (TPSA) is 62.6 Å². The van der Waals surface area contributed by atoms with Crippen LogP contribution in [0, 0.1) is 6.92 Å². The van der Waals surface area contributed by atoms with E-state index in [2.05, 4.69) is 0 Å². The zero-order valence-electron chi connectivity index (χ0n) is 22.5. The molecule has 0 unspecified atom stereocenters. The van der Waals surface area contributed by atoms with Gasteiger partial charge in [0.15, 0.2) is 0 Å². The first kappa shape index (κ1) is 30.6. The lowest BCUT2D eigenvalue weighted by molar-refractivity contribution is -0.126. The highest BCUT2D eigenvalue weighted by atomic mass is 16.2.